The number of H-pyrrole nitrogens is 1. The van der Waals surface area contributed by atoms with Crippen molar-refractivity contribution in [3.63, 3.8) is 0 Å². The van der Waals surface area contributed by atoms with Crippen LogP contribution in [0.15, 0.2) is 35.9 Å². The fourth-order valence-corrected chi connectivity index (χ4v) is 5.31. The molecular formula is C21H24N2O3. The Kier molecular flexibility index (Phi) is 3.69. The van der Waals surface area contributed by atoms with Gasteiger partial charge >= 0.3 is 5.97 Å². The second-order valence-corrected chi connectivity index (χ2v) is 7.77. The summed E-state index contributed by atoms with van der Waals surface area (Å²) in [7, 11) is 1.42. The van der Waals surface area contributed by atoms with Crippen LogP contribution < -0.4 is 0 Å². The summed E-state index contributed by atoms with van der Waals surface area (Å²) in [6.07, 6.45) is 3.95. The number of methoxy groups -OCH3 is 1. The number of benzene rings is 1. The number of hydrogen-bond donors (Lipinski definition) is 2. The number of rotatable bonds is 1. The predicted octanol–water partition coefficient (Wildman–Crippen LogP) is 2.57. The van der Waals surface area contributed by atoms with Gasteiger partial charge in [0.15, 0.2) is 0 Å². The van der Waals surface area contributed by atoms with E-state index in [1.165, 1.54) is 34.8 Å². The van der Waals surface area contributed by atoms with Crippen LogP contribution in [-0.4, -0.2) is 47.3 Å². The van der Waals surface area contributed by atoms with Crippen molar-refractivity contribution in [2.75, 3.05) is 20.2 Å². The number of aliphatic hydroxyl groups is 1. The zero-order chi connectivity index (χ0) is 17.8. The molecule has 0 unspecified atom stereocenters. The maximum Gasteiger partial charge on any atom is 0.311 e. The van der Waals surface area contributed by atoms with Crippen LogP contribution in [0, 0.1) is 11.8 Å². The Morgan fingerprint density at radius 1 is 1.35 bits per heavy atom. The number of aliphatic hydroxyl groups excluding tert-OH is 1. The highest BCUT2D eigenvalue weighted by Gasteiger charge is 2.46. The van der Waals surface area contributed by atoms with E-state index in [2.05, 4.69) is 40.2 Å². The van der Waals surface area contributed by atoms with E-state index in [1.54, 1.807) is 0 Å². The molecule has 1 aromatic heterocycles. The Morgan fingerprint density at radius 3 is 3.04 bits per heavy atom. The van der Waals surface area contributed by atoms with Gasteiger partial charge in [0.25, 0.3) is 0 Å². The van der Waals surface area contributed by atoms with Crippen LogP contribution in [0.3, 0.4) is 0 Å². The molecule has 0 bridgehead atoms. The molecule has 2 aromatic rings. The maximum absolute atomic E-state index is 12.3. The van der Waals surface area contributed by atoms with Crippen LogP contribution in [-0.2, 0) is 16.0 Å². The van der Waals surface area contributed by atoms with Gasteiger partial charge in [0.05, 0.1) is 25.2 Å². The molecule has 2 aliphatic heterocycles. The van der Waals surface area contributed by atoms with Gasteiger partial charge in [0, 0.05) is 29.7 Å². The van der Waals surface area contributed by atoms with E-state index < -0.39 is 12.0 Å². The van der Waals surface area contributed by atoms with E-state index in [0.29, 0.717) is 6.42 Å². The third kappa shape index (κ3) is 2.27. The van der Waals surface area contributed by atoms with Crippen LogP contribution in [0.25, 0.3) is 10.9 Å². The first-order valence-electron chi connectivity index (χ1n) is 9.45. The molecule has 1 aromatic carbocycles. The highest BCUT2D eigenvalue weighted by molar-refractivity contribution is 5.85. The first-order valence-corrected chi connectivity index (χ1v) is 9.45. The lowest BCUT2D eigenvalue weighted by Crippen LogP contribution is -2.49. The van der Waals surface area contributed by atoms with E-state index in [-0.39, 0.29) is 17.9 Å². The van der Waals surface area contributed by atoms with Crippen molar-refractivity contribution in [3.05, 3.63) is 47.2 Å². The highest BCUT2D eigenvalue weighted by atomic mass is 16.5. The van der Waals surface area contributed by atoms with E-state index in [4.69, 9.17) is 4.74 Å². The van der Waals surface area contributed by atoms with Crippen molar-refractivity contribution in [1.82, 2.24) is 9.88 Å². The summed E-state index contributed by atoms with van der Waals surface area (Å²) < 4.78 is 5.02. The number of aromatic nitrogens is 1. The van der Waals surface area contributed by atoms with E-state index in [0.717, 1.165) is 25.9 Å². The number of para-hydroxylation sites is 1. The van der Waals surface area contributed by atoms with Crippen molar-refractivity contribution in [1.29, 1.82) is 0 Å². The van der Waals surface area contributed by atoms with Crippen molar-refractivity contribution >= 4 is 16.9 Å². The lowest BCUT2D eigenvalue weighted by atomic mass is 9.70. The van der Waals surface area contributed by atoms with Gasteiger partial charge in [-0.05, 0) is 36.8 Å². The van der Waals surface area contributed by atoms with Gasteiger partial charge in [-0.3, -0.25) is 9.69 Å². The number of carbonyl (C=O) groups is 1. The van der Waals surface area contributed by atoms with E-state index in [1.807, 2.05) is 0 Å². The molecule has 136 valence electrons. The third-order valence-corrected chi connectivity index (χ3v) is 6.55. The summed E-state index contributed by atoms with van der Waals surface area (Å²) in [6.45, 7) is 1.92. The second-order valence-electron chi connectivity index (χ2n) is 7.77. The van der Waals surface area contributed by atoms with Gasteiger partial charge in [-0.25, -0.2) is 0 Å². The number of ether oxygens (including phenoxy) is 1. The molecule has 0 radical (unpaired) electrons. The zero-order valence-corrected chi connectivity index (χ0v) is 14.9. The highest BCUT2D eigenvalue weighted by Crippen LogP contribution is 2.47. The van der Waals surface area contributed by atoms with Crippen molar-refractivity contribution in [3.8, 4) is 0 Å². The number of carbonyl (C=O) groups excluding carboxylic acids is 1. The SMILES string of the molecule is COC(=O)[C@H]1[C@@H](O)CC=C2CN3CCc4c([nH]c5ccccc45)[C@@H]3C[C@@H]21. The van der Waals surface area contributed by atoms with Crippen molar-refractivity contribution in [2.24, 2.45) is 11.8 Å². The molecule has 0 spiro atoms. The van der Waals surface area contributed by atoms with Crippen molar-refractivity contribution in [2.45, 2.75) is 31.4 Å². The fourth-order valence-electron chi connectivity index (χ4n) is 5.31. The van der Waals surface area contributed by atoms with E-state index >= 15 is 0 Å². The summed E-state index contributed by atoms with van der Waals surface area (Å²) >= 11 is 0. The molecule has 5 heteroatoms. The molecule has 0 saturated carbocycles. The fraction of sp³-hybridized carbons (Fsp3) is 0.476. The summed E-state index contributed by atoms with van der Waals surface area (Å²) in [5, 5.41) is 11.8. The number of nitrogens with one attached hydrogen (secondary N) is 1. The van der Waals surface area contributed by atoms with Gasteiger partial charge in [0.2, 0.25) is 0 Å². The number of nitrogens with zero attached hydrogens (tertiary/aromatic N) is 1. The summed E-state index contributed by atoms with van der Waals surface area (Å²) in [4.78, 5) is 18.5. The monoisotopic (exact) mass is 352 g/mol. The Labute approximate surface area is 152 Å². The summed E-state index contributed by atoms with van der Waals surface area (Å²) in [5.41, 5.74) is 5.19. The zero-order valence-electron chi connectivity index (χ0n) is 14.9. The molecule has 3 heterocycles. The third-order valence-electron chi connectivity index (χ3n) is 6.55. The first-order chi connectivity index (χ1) is 12.7. The van der Waals surface area contributed by atoms with Gasteiger partial charge in [0.1, 0.15) is 0 Å². The molecule has 5 nitrogen and oxygen atoms in total. The standard InChI is InChI=1S/C21H24N2O3/c1-26-21(25)19-15-10-17-20-14(13-4-2-3-5-16(13)22-20)8-9-23(17)11-12(15)6-7-18(19)24/h2-6,15,17-19,22,24H,7-11H2,1H3/t15-,17-,18-,19+/m0/s1. The predicted molar refractivity (Wildman–Crippen MR) is 98.6 cm³/mol. The quantitative estimate of drug-likeness (QED) is 0.612. The average molecular weight is 352 g/mol. The number of piperidine rings is 1. The summed E-state index contributed by atoms with van der Waals surface area (Å²) in [6, 6.07) is 8.75. The first kappa shape index (κ1) is 16.1. The molecule has 2 N–H and O–H groups in total. The molecule has 1 fully saturated rings. The largest absolute Gasteiger partial charge is 0.469 e. The van der Waals surface area contributed by atoms with Gasteiger partial charge < -0.3 is 14.8 Å². The lowest BCUT2D eigenvalue weighted by Gasteiger charge is -2.47. The van der Waals surface area contributed by atoms with E-state index in [9.17, 15) is 9.90 Å². The van der Waals surface area contributed by atoms with Gasteiger partial charge in [-0.15, -0.1) is 0 Å². The van der Waals surface area contributed by atoms with Crippen molar-refractivity contribution < 1.29 is 14.6 Å². The van der Waals surface area contributed by atoms with Crippen LogP contribution in [0.5, 0.6) is 0 Å². The average Bonchev–Trinajstić information content (AvgIpc) is 3.05. The minimum atomic E-state index is -0.645. The number of hydrogen-bond acceptors (Lipinski definition) is 4. The minimum Gasteiger partial charge on any atom is -0.469 e. The number of fused-ring (bicyclic) bond motifs is 6. The molecule has 3 aliphatic rings. The molecule has 1 saturated heterocycles. The Morgan fingerprint density at radius 2 is 2.19 bits per heavy atom. The Bertz CT molecular complexity index is 900. The normalized spacial score (nSPS) is 30.9. The molecule has 5 rings (SSSR count). The minimum absolute atomic E-state index is 0.0600. The van der Waals surface area contributed by atoms with Crippen LogP contribution >= 0.6 is 0 Å². The van der Waals surface area contributed by atoms with Crippen LogP contribution in [0.1, 0.15) is 30.1 Å². The molecule has 26 heavy (non-hydrogen) atoms. The lowest BCUT2D eigenvalue weighted by molar-refractivity contribution is -0.153. The molecular weight excluding hydrogens is 328 g/mol. The smallest absolute Gasteiger partial charge is 0.311 e. The maximum atomic E-state index is 12.3. The number of aromatic amines is 1. The molecule has 1 aliphatic carbocycles. The molecule has 0 amide bonds. The Balaban J connectivity index is 1.55. The molecule has 4 atom stereocenters. The van der Waals surface area contributed by atoms with Crippen LogP contribution in [0.4, 0.5) is 0 Å². The summed E-state index contributed by atoms with van der Waals surface area (Å²) in [5.74, 6) is -0.670. The number of esters is 1. The van der Waals surface area contributed by atoms with Crippen LogP contribution in [0.2, 0.25) is 0 Å². The second kappa shape index (κ2) is 5.96. The van der Waals surface area contributed by atoms with Gasteiger partial charge in [-0.1, -0.05) is 29.8 Å². The topological polar surface area (TPSA) is 65.6 Å². The Hall–Kier alpha value is -2.11. The van der Waals surface area contributed by atoms with Gasteiger partial charge in [-0.2, -0.15) is 0 Å².